The Morgan fingerprint density at radius 3 is 2.94 bits per heavy atom. The maximum absolute atomic E-state index is 5.21. The average Bonchev–Trinajstić information content (AvgIpc) is 2.68. The normalized spacial score (nSPS) is 12.9. The molecule has 0 fully saturated rings. The molecule has 1 unspecified atom stereocenters. The van der Waals surface area contributed by atoms with E-state index in [0.29, 0.717) is 6.04 Å². The quantitative estimate of drug-likeness (QED) is 0.732. The maximum atomic E-state index is 5.21. The zero-order valence-corrected chi connectivity index (χ0v) is 10.6. The first-order valence-corrected chi connectivity index (χ1v) is 5.96. The molecule has 0 aliphatic rings. The second-order valence-electron chi connectivity index (χ2n) is 4.20. The van der Waals surface area contributed by atoms with E-state index in [9.17, 15) is 0 Å². The van der Waals surface area contributed by atoms with Gasteiger partial charge in [-0.3, -0.25) is 4.68 Å². The van der Waals surface area contributed by atoms with Crippen LogP contribution in [0.15, 0.2) is 12.4 Å². The number of hydrogen-bond acceptors (Lipinski definition) is 3. The molecule has 1 heterocycles. The number of methoxy groups -OCH3 is 1. The van der Waals surface area contributed by atoms with Crippen molar-refractivity contribution in [3.8, 4) is 0 Å². The Bertz CT molecular complexity index is 286. The zero-order chi connectivity index (χ0) is 11.8. The summed E-state index contributed by atoms with van der Waals surface area (Å²) in [4.78, 5) is 0. The lowest BCUT2D eigenvalue weighted by Gasteiger charge is -2.16. The summed E-state index contributed by atoms with van der Waals surface area (Å²) in [6, 6.07) is 0.449. The van der Waals surface area contributed by atoms with Crippen LogP contribution in [0.1, 0.15) is 31.7 Å². The van der Waals surface area contributed by atoms with Crippen molar-refractivity contribution >= 4 is 0 Å². The fourth-order valence-corrected chi connectivity index (χ4v) is 1.72. The lowest BCUT2D eigenvalue weighted by molar-refractivity contribution is 0.160. The van der Waals surface area contributed by atoms with Crippen LogP contribution < -0.4 is 5.32 Å². The highest BCUT2D eigenvalue weighted by Crippen LogP contribution is 2.03. The molecule has 0 spiro atoms. The van der Waals surface area contributed by atoms with Crippen LogP contribution >= 0.6 is 0 Å². The zero-order valence-electron chi connectivity index (χ0n) is 10.6. The maximum Gasteiger partial charge on any atom is 0.0615 e. The van der Waals surface area contributed by atoms with Gasteiger partial charge in [-0.05, 0) is 6.42 Å². The number of aryl methyl sites for hydroxylation is 1. The van der Waals surface area contributed by atoms with Crippen LogP contribution in [0.5, 0.6) is 0 Å². The van der Waals surface area contributed by atoms with Crippen molar-refractivity contribution < 1.29 is 4.74 Å². The summed E-state index contributed by atoms with van der Waals surface area (Å²) >= 11 is 0. The number of hydrogen-bond donors (Lipinski definition) is 1. The molecular formula is C12H23N3O. The summed E-state index contributed by atoms with van der Waals surface area (Å²) in [7, 11) is 3.69. The lowest BCUT2D eigenvalue weighted by atomic mass is 10.1. The van der Waals surface area contributed by atoms with Gasteiger partial charge >= 0.3 is 0 Å². The van der Waals surface area contributed by atoms with Crippen molar-refractivity contribution in [1.29, 1.82) is 0 Å². The molecule has 1 aromatic heterocycles. The van der Waals surface area contributed by atoms with Gasteiger partial charge in [-0.25, -0.2) is 0 Å². The van der Waals surface area contributed by atoms with Crippen molar-refractivity contribution in [2.45, 2.75) is 38.8 Å². The van der Waals surface area contributed by atoms with E-state index in [4.69, 9.17) is 4.74 Å². The van der Waals surface area contributed by atoms with Gasteiger partial charge in [0.25, 0.3) is 0 Å². The fourth-order valence-electron chi connectivity index (χ4n) is 1.72. The van der Waals surface area contributed by atoms with Crippen LogP contribution in [-0.2, 0) is 18.3 Å². The Balaban J connectivity index is 2.30. The van der Waals surface area contributed by atoms with E-state index in [1.807, 2.05) is 24.1 Å². The summed E-state index contributed by atoms with van der Waals surface area (Å²) in [6.07, 6.45) is 7.58. The fraction of sp³-hybridized carbons (Fsp3) is 0.750. The molecule has 92 valence electrons. The average molecular weight is 225 g/mol. The molecule has 4 heteroatoms. The van der Waals surface area contributed by atoms with E-state index in [1.165, 1.54) is 24.8 Å². The Morgan fingerprint density at radius 2 is 2.38 bits per heavy atom. The first-order chi connectivity index (χ1) is 7.76. The van der Waals surface area contributed by atoms with Crippen LogP contribution in [0, 0.1) is 0 Å². The third-order valence-electron chi connectivity index (χ3n) is 2.63. The molecule has 0 aliphatic heterocycles. The Labute approximate surface area is 98.0 Å². The minimum absolute atomic E-state index is 0.449. The van der Waals surface area contributed by atoms with Crippen molar-refractivity contribution in [1.82, 2.24) is 15.1 Å². The molecule has 4 nitrogen and oxygen atoms in total. The predicted molar refractivity (Wildman–Crippen MR) is 65.2 cm³/mol. The smallest absolute Gasteiger partial charge is 0.0615 e. The Hall–Kier alpha value is -0.870. The van der Waals surface area contributed by atoms with Gasteiger partial charge in [0.1, 0.15) is 0 Å². The largest absolute Gasteiger partial charge is 0.383 e. The molecule has 1 rings (SSSR count). The van der Waals surface area contributed by atoms with Gasteiger partial charge in [0.05, 0.1) is 12.8 Å². The Morgan fingerprint density at radius 1 is 1.56 bits per heavy atom. The summed E-state index contributed by atoms with van der Waals surface area (Å²) < 4.78 is 7.04. The second-order valence-corrected chi connectivity index (χ2v) is 4.20. The minimum Gasteiger partial charge on any atom is -0.383 e. The number of aromatic nitrogens is 2. The minimum atomic E-state index is 0.449. The SMILES string of the molecule is CCCCC(COC)NCc1cnn(C)c1. The van der Waals surface area contributed by atoms with E-state index in [-0.39, 0.29) is 0 Å². The molecule has 1 aromatic rings. The van der Waals surface area contributed by atoms with Crippen molar-refractivity contribution in [2.24, 2.45) is 7.05 Å². The number of ether oxygens (including phenoxy) is 1. The van der Waals surface area contributed by atoms with Crippen LogP contribution in [0.4, 0.5) is 0 Å². The topological polar surface area (TPSA) is 39.1 Å². The molecule has 0 amide bonds. The highest BCUT2D eigenvalue weighted by molar-refractivity contribution is 5.03. The van der Waals surface area contributed by atoms with E-state index in [2.05, 4.69) is 17.3 Å². The molecule has 0 aromatic carbocycles. The molecule has 16 heavy (non-hydrogen) atoms. The summed E-state index contributed by atoms with van der Waals surface area (Å²) in [6.45, 7) is 3.86. The van der Waals surface area contributed by atoms with Crippen LogP contribution in [0.25, 0.3) is 0 Å². The van der Waals surface area contributed by atoms with Gasteiger partial charge in [0.2, 0.25) is 0 Å². The predicted octanol–water partition coefficient (Wildman–Crippen LogP) is 1.71. The molecule has 0 aliphatic carbocycles. The highest BCUT2D eigenvalue weighted by atomic mass is 16.5. The standard InChI is InChI=1S/C12H23N3O/c1-4-5-6-12(10-16-3)13-7-11-8-14-15(2)9-11/h8-9,12-13H,4-7,10H2,1-3H3. The van der Waals surface area contributed by atoms with Gasteiger partial charge < -0.3 is 10.1 Å². The van der Waals surface area contributed by atoms with E-state index < -0.39 is 0 Å². The van der Waals surface area contributed by atoms with Crippen LogP contribution in [0.2, 0.25) is 0 Å². The van der Waals surface area contributed by atoms with Crippen molar-refractivity contribution in [3.63, 3.8) is 0 Å². The van der Waals surface area contributed by atoms with Crippen LogP contribution in [0.3, 0.4) is 0 Å². The first-order valence-electron chi connectivity index (χ1n) is 5.96. The summed E-state index contributed by atoms with van der Waals surface area (Å²) in [5.74, 6) is 0. The molecule has 0 saturated carbocycles. The molecule has 1 atom stereocenters. The van der Waals surface area contributed by atoms with E-state index >= 15 is 0 Å². The lowest BCUT2D eigenvalue weighted by Crippen LogP contribution is -2.32. The van der Waals surface area contributed by atoms with Gasteiger partial charge in [-0.1, -0.05) is 19.8 Å². The second kappa shape index (κ2) is 7.41. The van der Waals surface area contributed by atoms with Gasteiger partial charge in [-0.15, -0.1) is 0 Å². The third-order valence-corrected chi connectivity index (χ3v) is 2.63. The number of nitrogens with one attached hydrogen (secondary N) is 1. The Kier molecular flexibility index (Phi) is 6.11. The number of nitrogens with zero attached hydrogens (tertiary/aromatic N) is 2. The van der Waals surface area contributed by atoms with Gasteiger partial charge in [0.15, 0.2) is 0 Å². The third kappa shape index (κ3) is 4.77. The molecular weight excluding hydrogens is 202 g/mol. The van der Waals surface area contributed by atoms with E-state index in [0.717, 1.165) is 13.2 Å². The van der Waals surface area contributed by atoms with Crippen molar-refractivity contribution in [3.05, 3.63) is 18.0 Å². The molecule has 1 N–H and O–H groups in total. The summed E-state index contributed by atoms with van der Waals surface area (Å²) in [5, 5.41) is 7.65. The number of unbranched alkanes of at least 4 members (excludes halogenated alkanes) is 1. The van der Waals surface area contributed by atoms with Crippen LogP contribution in [-0.4, -0.2) is 29.5 Å². The molecule has 0 radical (unpaired) electrons. The first kappa shape index (κ1) is 13.2. The molecule has 0 bridgehead atoms. The molecule has 0 saturated heterocycles. The van der Waals surface area contributed by atoms with Crippen molar-refractivity contribution in [2.75, 3.05) is 13.7 Å². The van der Waals surface area contributed by atoms with Gasteiger partial charge in [-0.2, -0.15) is 5.10 Å². The highest BCUT2D eigenvalue weighted by Gasteiger charge is 2.07. The monoisotopic (exact) mass is 225 g/mol. The summed E-state index contributed by atoms with van der Waals surface area (Å²) in [5.41, 5.74) is 1.22. The van der Waals surface area contributed by atoms with Gasteiger partial charge in [0, 0.05) is 38.5 Å². The van der Waals surface area contributed by atoms with E-state index in [1.54, 1.807) is 7.11 Å². The number of rotatable bonds is 8.